The molecule has 0 radical (unpaired) electrons. The van der Waals surface area contributed by atoms with Crippen LogP contribution in [-0.4, -0.2) is 24.2 Å². The summed E-state index contributed by atoms with van der Waals surface area (Å²) in [6, 6.07) is 22.9. The van der Waals surface area contributed by atoms with Crippen molar-refractivity contribution in [2.45, 2.75) is 4.90 Å². The molecule has 2 aromatic carbocycles. The molecule has 5 heteroatoms. The van der Waals surface area contributed by atoms with Gasteiger partial charge < -0.3 is 4.57 Å². The van der Waals surface area contributed by atoms with Gasteiger partial charge in [0.15, 0.2) is 9.84 Å². The van der Waals surface area contributed by atoms with Crippen molar-refractivity contribution in [3.63, 3.8) is 0 Å². The molecule has 2 heterocycles. The van der Waals surface area contributed by atoms with Crippen LogP contribution in [0, 0.1) is 0 Å². The van der Waals surface area contributed by atoms with Gasteiger partial charge in [-0.05, 0) is 42.5 Å². The second-order valence-electron chi connectivity index (χ2n) is 5.93. The van der Waals surface area contributed by atoms with Gasteiger partial charge in [0.05, 0.1) is 10.6 Å². The summed E-state index contributed by atoms with van der Waals surface area (Å²) in [5, 5.41) is 1.06. The van der Waals surface area contributed by atoms with E-state index in [2.05, 4.69) is 0 Å². The van der Waals surface area contributed by atoms with Crippen molar-refractivity contribution in [1.29, 1.82) is 0 Å². The highest BCUT2D eigenvalue weighted by Gasteiger charge is 2.09. The summed E-state index contributed by atoms with van der Waals surface area (Å²) >= 11 is 0. The number of sulfone groups is 1. The summed E-state index contributed by atoms with van der Waals surface area (Å²) in [5.74, 6) is 0. The van der Waals surface area contributed by atoms with E-state index in [1.165, 1.54) is 6.26 Å². The quantitative estimate of drug-likeness (QED) is 0.560. The molecule has 0 aliphatic heterocycles. The minimum absolute atomic E-state index is 0.310. The number of benzene rings is 2. The van der Waals surface area contributed by atoms with Gasteiger partial charge in [-0.1, -0.05) is 30.3 Å². The largest absolute Gasteiger partial charge is 0.301 e. The van der Waals surface area contributed by atoms with Crippen molar-refractivity contribution in [2.24, 2.45) is 0 Å². The third kappa shape index (κ3) is 2.94. The molecule has 0 aliphatic rings. The molecule has 0 saturated carbocycles. The van der Waals surface area contributed by atoms with Gasteiger partial charge >= 0.3 is 0 Å². The predicted octanol–water partition coefficient (Wildman–Crippen LogP) is 4.10. The van der Waals surface area contributed by atoms with Crippen LogP contribution in [0.5, 0.6) is 0 Å². The Hall–Kier alpha value is -2.92. The van der Waals surface area contributed by atoms with Crippen LogP contribution >= 0.6 is 0 Å². The predicted molar refractivity (Wildman–Crippen MR) is 99.6 cm³/mol. The first-order valence-corrected chi connectivity index (χ1v) is 9.75. The molecular formula is C20H16N2O2S. The molecule has 0 amide bonds. The van der Waals surface area contributed by atoms with E-state index < -0.39 is 9.84 Å². The number of para-hydroxylation sites is 1. The lowest BCUT2D eigenvalue weighted by Crippen LogP contribution is -1.97. The molecule has 0 fully saturated rings. The molecule has 124 valence electrons. The van der Waals surface area contributed by atoms with Crippen LogP contribution in [0.2, 0.25) is 0 Å². The zero-order valence-corrected chi connectivity index (χ0v) is 14.4. The summed E-state index contributed by atoms with van der Waals surface area (Å²) in [4.78, 5) is 5.10. The van der Waals surface area contributed by atoms with Gasteiger partial charge in [0.2, 0.25) is 0 Å². The lowest BCUT2D eigenvalue weighted by molar-refractivity contribution is 0.602. The Morgan fingerprint density at radius 1 is 0.840 bits per heavy atom. The minimum atomic E-state index is -3.19. The van der Waals surface area contributed by atoms with Crippen LogP contribution in [0.25, 0.3) is 28.0 Å². The molecule has 0 bridgehead atoms. The van der Waals surface area contributed by atoms with Gasteiger partial charge in [-0.25, -0.2) is 13.4 Å². The normalized spacial score (nSPS) is 11.7. The molecule has 0 atom stereocenters. The Morgan fingerprint density at radius 3 is 2.24 bits per heavy atom. The van der Waals surface area contributed by atoms with E-state index in [0.29, 0.717) is 4.90 Å². The molecule has 2 aromatic heterocycles. The Balaban J connectivity index is 1.81. The number of aromatic nitrogens is 2. The number of rotatable bonds is 3. The minimum Gasteiger partial charge on any atom is -0.301 e. The molecule has 0 saturated heterocycles. The number of hydrogen-bond acceptors (Lipinski definition) is 3. The first-order chi connectivity index (χ1) is 12.0. The van der Waals surface area contributed by atoms with Crippen molar-refractivity contribution in [3.05, 3.63) is 79.0 Å². The van der Waals surface area contributed by atoms with E-state index in [1.54, 1.807) is 24.3 Å². The van der Waals surface area contributed by atoms with Gasteiger partial charge in [-0.2, -0.15) is 0 Å². The third-order valence-corrected chi connectivity index (χ3v) is 5.28. The van der Waals surface area contributed by atoms with E-state index in [-0.39, 0.29) is 0 Å². The number of pyridine rings is 1. The SMILES string of the molecule is CS(=O)(=O)c1ccc(-c2ccc3ccn(-c4ccccc4)c3n2)cc1. The standard InChI is InChI=1S/C20H16N2O2S/c1-25(23,24)18-10-7-15(8-11-18)19-12-9-16-13-14-22(20(16)21-19)17-5-3-2-4-6-17/h2-14H,1H3. The fraction of sp³-hybridized carbons (Fsp3) is 0.0500. The molecule has 0 N–H and O–H groups in total. The van der Waals surface area contributed by atoms with Crippen LogP contribution < -0.4 is 0 Å². The van der Waals surface area contributed by atoms with Gasteiger partial charge in [-0.15, -0.1) is 0 Å². The third-order valence-electron chi connectivity index (χ3n) is 4.15. The average Bonchev–Trinajstić information content (AvgIpc) is 3.05. The van der Waals surface area contributed by atoms with Crippen LogP contribution in [-0.2, 0) is 9.84 Å². The van der Waals surface area contributed by atoms with Gasteiger partial charge in [0.25, 0.3) is 0 Å². The first-order valence-electron chi connectivity index (χ1n) is 7.86. The second kappa shape index (κ2) is 5.86. The van der Waals surface area contributed by atoms with Crippen molar-refractivity contribution in [2.75, 3.05) is 6.26 Å². The van der Waals surface area contributed by atoms with Crippen LogP contribution in [0.15, 0.2) is 83.9 Å². The molecule has 4 aromatic rings. The van der Waals surface area contributed by atoms with Crippen LogP contribution in [0.1, 0.15) is 0 Å². The fourth-order valence-electron chi connectivity index (χ4n) is 2.84. The Kier molecular flexibility index (Phi) is 3.66. The van der Waals surface area contributed by atoms with Crippen molar-refractivity contribution in [3.8, 4) is 16.9 Å². The number of fused-ring (bicyclic) bond motifs is 1. The maximum Gasteiger partial charge on any atom is 0.175 e. The van der Waals surface area contributed by atoms with Crippen molar-refractivity contribution < 1.29 is 8.42 Å². The van der Waals surface area contributed by atoms with Gasteiger partial charge in [-0.3, -0.25) is 0 Å². The van der Waals surface area contributed by atoms with E-state index in [4.69, 9.17) is 4.98 Å². The van der Waals surface area contributed by atoms with Gasteiger partial charge in [0, 0.05) is 29.1 Å². The fourth-order valence-corrected chi connectivity index (χ4v) is 3.47. The smallest absolute Gasteiger partial charge is 0.175 e. The Bertz CT molecular complexity index is 1150. The molecule has 4 nitrogen and oxygen atoms in total. The lowest BCUT2D eigenvalue weighted by atomic mass is 10.1. The molecule has 0 unspecified atom stereocenters. The molecule has 0 spiro atoms. The van der Waals surface area contributed by atoms with E-state index in [1.807, 2.05) is 59.3 Å². The lowest BCUT2D eigenvalue weighted by Gasteiger charge is -2.07. The molecular weight excluding hydrogens is 332 g/mol. The molecule has 0 aliphatic carbocycles. The zero-order valence-electron chi connectivity index (χ0n) is 13.6. The first kappa shape index (κ1) is 15.6. The van der Waals surface area contributed by atoms with Crippen molar-refractivity contribution in [1.82, 2.24) is 9.55 Å². The molecule has 4 rings (SSSR count). The van der Waals surface area contributed by atoms with Crippen LogP contribution in [0.4, 0.5) is 0 Å². The van der Waals surface area contributed by atoms with E-state index in [0.717, 1.165) is 28.0 Å². The van der Waals surface area contributed by atoms with Gasteiger partial charge in [0.1, 0.15) is 5.65 Å². The summed E-state index contributed by atoms with van der Waals surface area (Å²) in [6.45, 7) is 0. The second-order valence-corrected chi connectivity index (χ2v) is 7.94. The average molecular weight is 348 g/mol. The maximum absolute atomic E-state index is 11.6. The van der Waals surface area contributed by atoms with Crippen LogP contribution in [0.3, 0.4) is 0 Å². The summed E-state index contributed by atoms with van der Waals surface area (Å²) in [6.07, 6.45) is 3.21. The highest BCUT2D eigenvalue weighted by molar-refractivity contribution is 7.90. The Morgan fingerprint density at radius 2 is 1.56 bits per heavy atom. The van der Waals surface area contributed by atoms with E-state index in [9.17, 15) is 8.42 Å². The highest BCUT2D eigenvalue weighted by atomic mass is 32.2. The monoisotopic (exact) mass is 348 g/mol. The topological polar surface area (TPSA) is 52.0 Å². The zero-order chi connectivity index (χ0) is 17.4. The summed E-state index contributed by atoms with van der Waals surface area (Å²) < 4.78 is 25.3. The molecule has 25 heavy (non-hydrogen) atoms. The summed E-state index contributed by atoms with van der Waals surface area (Å²) in [7, 11) is -3.19. The number of hydrogen-bond donors (Lipinski definition) is 0. The van der Waals surface area contributed by atoms with Crippen molar-refractivity contribution >= 4 is 20.9 Å². The van der Waals surface area contributed by atoms with E-state index >= 15 is 0 Å². The highest BCUT2D eigenvalue weighted by Crippen LogP contribution is 2.25. The maximum atomic E-state index is 11.6. The Labute approximate surface area is 146 Å². The summed E-state index contributed by atoms with van der Waals surface area (Å²) in [5.41, 5.74) is 3.61. The number of nitrogens with zero attached hydrogens (tertiary/aromatic N) is 2.